The summed E-state index contributed by atoms with van der Waals surface area (Å²) in [4.78, 5) is 6.53. The van der Waals surface area contributed by atoms with Gasteiger partial charge in [0.1, 0.15) is 0 Å². The number of rotatable bonds is 7. The van der Waals surface area contributed by atoms with E-state index in [2.05, 4.69) is 10.3 Å². The maximum atomic E-state index is 12.1. The second kappa shape index (κ2) is 8.69. The summed E-state index contributed by atoms with van der Waals surface area (Å²) < 4.78 is 33.7. The van der Waals surface area contributed by atoms with E-state index in [1.165, 1.54) is 0 Å². The molecule has 0 unspecified atom stereocenters. The summed E-state index contributed by atoms with van der Waals surface area (Å²) in [7, 11) is -1.40. The number of methoxy groups -OCH3 is 1. The third-order valence-electron chi connectivity index (χ3n) is 3.61. The van der Waals surface area contributed by atoms with Crippen molar-refractivity contribution < 1.29 is 17.9 Å². The third-order valence-corrected chi connectivity index (χ3v) is 6.14. The summed E-state index contributed by atoms with van der Waals surface area (Å²) in [5.74, 6) is 0.912. The molecular formula is C14H29N3O4S. The molecule has 0 aromatic carbocycles. The molecule has 0 atom stereocenters. The largest absolute Gasteiger partial charge is 0.382 e. The lowest BCUT2D eigenvalue weighted by atomic mass is 10.2. The van der Waals surface area contributed by atoms with Gasteiger partial charge >= 0.3 is 0 Å². The summed E-state index contributed by atoms with van der Waals surface area (Å²) in [6, 6.07) is 0. The van der Waals surface area contributed by atoms with E-state index in [0.29, 0.717) is 39.5 Å². The quantitative estimate of drug-likeness (QED) is 0.404. The Bertz CT molecular complexity index is 463. The van der Waals surface area contributed by atoms with Crippen molar-refractivity contribution in [3.63, 3.8) is 0 Å². The van der Waals surface area contributed by atoms with Crippen LogP contribution in [0.1, 0.15) is 20.8 Å². The van der Waals surface area contributed by atoms with Gasteiger partial charge in [-0.25, -0.2) is 8.42 Å². The highest BCUT2D eigenvalue weighted by atomic mass is 32.2. The molecule has 0 radical (unpaired) electrons. The molecule has 1 fully saturated rings. The van der Waals surface area contributed by atoms with Crippen LogP contribution in [0.3, 0.4) is 0 Å². The third kappa shape index (κ3) is 5.40. The van der Waals surface area contributed by atoms with Gasteiger partial charge in [0.05, 0.1) is 36.9 Å². The molecule has 1 heterocycles. The minimum atomic E-state index is -3.04. The molecule has 130 valence electrons. The molecule has 0 spiro atoms. The van der Waals surface area contributed by atoms with Gasteiger partial charge in [-0.05, 0) is 20.8 Å². The normalized spacial score (nSPS) is 20.9. The molecule has 0 aromatic rings. The van der Waals surface area contributed by atoms with Crippen molar-refractivity contribution in [2.45, 2.75) is 25.5 Å². The van der Waals surface area contributed by atoms with E-state index in [1.54, 1.807) is 21.0 Å². The maximum Gasteiger partial charge on any atom is 0.194 e. The van der Waals surface area contributed by atoms with Crippen LogP contribution in [0.5, 0.6) is 0 Å². The second-order valence-corrected chi connectivity index (χ2v) is 8.58. The Hall–Kier alpha value is -0.860. The van der Waals surface area contributed by atoms with Crippen LogP contribution in [0, 0.1) is 0 Å². The first-order valence-corrected chi connectivity index (χ1v) is 9.31. The molecule has 1 N–H and O–H groups in total. The van der Waals surface area contributed by atoms with Gasteiger partial charge in [-0.15, -0.1) is 0 Å². The molecule has 0 saturated carbocycles. The number of nitrogens with one attached hydrogen (secondary N) is 1. The average molecular weight is 335 g/mol. The monoisotopic (exact) mass is 335 g/mol. The Morgan fingerprint density at radius 1 is 1.32 bits per heavy atom. The summed E-state index contributed by atoms with van der Waals surface area (Å²) in [5, 5.41) is 3.22. The van der Waals surface area contributed by atoms with Gasteiger partial charge < -0.3 is 19.7 Å². The molecular weight excluding hydrogens is 306 g/mol. The lowest BCUT2D eigenvalue weighted by Crippen LogP contribution is -2.57. The highest BCUT2D eigenvalue weighted by Gasteiger charge is 2.40. The number of guanidine groups is 1. The van der Waals surface area contributed by atoms with Gasteiger partial charge in [0.2, 0.25) is 0 Å². The van der Waals surface area contributed by atoms with Crippen molar-refractivity contribution in [2.75, 3.05) is 58.9 Å². The molecule has 7 nitrogen and oxygen atoms in total. The first-order chi connectivity index (χ1) is 10.3. The van der Waals surface area contributed by atoms with Crippen LogP contribution in [-0.4, -0.2) is 82.9 Å². The first-order valence-electron chi connectivity index (χ1n) is 7.66. The van der Waals surface area contributed by atoms with E-state index < -0.39 is 14.6 Å². The molecule has 0 bridgehead atoms. The smallest absolute Gasteiger partial charge is 0.194 e. The van der Waals surface area contributed by atoms with Gasteiger partial charge in [-0.3, -0.25) is 4.99 Å². The van der Waals surface area contributed by atoms with Crippen LogP contribution in [0.15, 0.2) is 4.99 Å². The average Bonchev–Trinajstić information content (AvgIpc) is 2.44. The molecule has 1 aliphatic rings. The van der Waals surface area contributed by atoms with Gasteiger partial charge in [0.25, 0.3) is 0 Å². The number of sulfone groups is 1. The molecule has 1 rings (SSSR count). The second-order valence-electron chi connectivity index (χ2n) is 5.84. The number of hydrogen-bond acceptors (Lipinski definition) is 5. The van der Waals surface area contributed by atoms with Crippen LogP contribution in [-0.2, 0) is 19.3 Å². The molecule has 22 heavy (non-hydrogen) atoms. The Balaban J connectivity index is 2.59. The predicted molar refractivity (Wildman–Crippen MR) is 88.1 cm³/mol. The van der Waals surface area contributed by atoms with Crippen molar-refractivity contribution in [2.24, 2.45) is 4.99 Å². The fourth-order valence-corrected chi connectivity index (χ4v) is 3.58. The molecule has 8 heteroatoms. The summed E-state index contributed by atoms with van der Waals surface area (Å²) in [5.41, 5.74) is 0. The standard InChI is InChI=1S/C14H29N3O4S/c1-5-15-13(16-6-8-21-10-9-20-4)17-7-11-22(18,19)14(2,3)12-17/h5-12H2,1-4H3,(H,15,16). The zero-order valence-corrected chi connectivity index (χ0v) is 14.9. The van der Waals surface area contributed by atoms with E-state index in [1.807, 2.05) is 11.8 Å². The Kier molecular flexibility index (Phi) is 7.58. The van der Waals surface area contributed by atoms with E-state index >= 15 is 0 Å². The minimum Gasteiger partial charge on any atom is -0.382 e. The van der Waals surface area contributed by atoms with E-state index in [9.17, 15) is 8.42 Å². The zero-order chi connectivity index (χ0) is 16.6. The Morgan fingerprint density at radius 3 is 2.64 bits per heavy atom. The summed E-state index contributed by atoms with van der Waals surface area (Å²) >= 11 is 0. The topological polar surface area (TPSA) is 80.2 Å². The zero-order valence-electron chi connectivity index (χ0n) is 14.1. The summed E-state index contributed by atoms with van der Waals surface area (Å²) in [6.07, 6.45) is 0. The van der Waals surface area contributed by atoms with Crippen molar-refractivity contribution >= 4 is 15.8 Å². The number of nitrogens with zero attached hydrogens (tertiary/aromatic N) is 2. The highest BCUT2D eigenvalue weighted by Crippen LogP contribution is 2.23. The van der Waals surface area contributed by atoms with Crippen molar-refractivity contribution in [3.8, 4) is 0 Å². The van der Waals surface area contributed by atoms with Crippen LogP contribution in [0.25, 0.3) is 0 Å². The number of hydrogen-bond donors (Lipinski definition) is 1. The number of ether oxygens (including phenoxy) is 2. The van der Waals surface area contributed by atoms with Gasteiger partial charge in [-0.1, -0.05) is 0 Å². The van der Waals surface area contributed by atoms with Gasteiger partial charge in [-0.2, -0.15) is 0 Å². The lowest BCUT2D eigenvalue weighted by molar-refractivity contribution is 0.0747. The van der Waals surface area contributed by atoms with Crippen molar-refractivity contribution in [1.82, 2.24) is 10.2 Å². The van der Waals surface area contributed by atoms with Gasteiger partial charge in [0, 0.05) is 26.7 Å². The van der Waals surface area contributed by atoms with E-state index in [0.717, 1.165) is 12.5 Å². The van der Waals surface area contributed by atoms with Crippen molar-refractivity contribution in [1.29, 1.82) is 0 Å². The maximum absolute atomic E-state index is 12.1. The fourth-order valence-electron chi connectivity index (χ4n) is 2.21. The highest BCUT2D eigenvalue weighted by molar-refractivity contribution is 7.92. The minimum absolute atomic E-state index is 0.161. The molecule has 0 amide bonds. The first kappa shape index (κ1) is 19.2. The lowest BCUT2D eigenvalue weighted by Gasteiger charge is -2.39. The Morgan fingerprint density at radius 2 is 2.05 bits per heavy atom. The summed E-state index contributed by atoms with van der Waals surface area (Å²) in [6.45, 7) is 9.39. The Labute approximate surface area is 134 Å². The van der Waals surface area contributed by atoms with Crippen LogP contribution in [0.4, 0.5) is 0 Å². The SMILES string of the molecule is CCNC(=NCCOCCOC)N1CCS(=O)(=O)C(C)(C)C1. The van der Waals surface area contributed by atoms with Crippen molar-refractivity contribution in [3.05, 3.63) is 0 Å². The van der Waals surface area contributed by atoms with Crippen LogP contribution in [0.2, 0.25) is 0 Å². The molecule has 0 aliphatic carbocycles. The van der Waals surface area contributed by atoms with Gasteiger partial charge in [0.15, 0.2) is 15.8 Å². The molecule has 1 saturated heterocycles. The van der Waals surface area contributed by atoms with Crippen LogP contribution >= 0.6 is 0 Å². The molecule has 1 aliphatic heterocycles. The van der Waals surface area contributed by atoms with Crippen LogP contribution < -0.4 is 5.32 Å². The van der Waals surface area contributed by atoms with E-state index in [-0.39, 0.29) is 5.75 Å². The van der Waals surface area contributed by atoms with E-state index in [4.69, 9.17) is 9.47 Å². The fraction of sp³-hybridized carbons (Fsp3) is 0.929. The molecule has 0 aromatic heterocycles. The number of aliphatic imine (C=N–C) groups is 1. The predicted octanol–water partition coefficient (Wildman–Crippen LogP) is 0.124.